The maximum atomic E-state index is 9.52. The van der Waals surface area contributed by atoms with Gasteiger partial charge in [0.05, 0.1) is 32.0 Å². The predicted octanol–water partition coefficient (Wildman–Crippen LogP) is -0.776. The van der Waals surface area contributed by atoms with Gasteiger partial charge in [-0.3, -0.25) is 0 Å². The summed E-state index contributed by atoms with van der Waals surface area (Å²) >= 11 is 0. The Hall–Kier alpha value is -0.280. The molecule has 0 bridgehead atoms. The lowest BCUT2D eigenvalue weighted by atomic mass is 9.97. The highest BCUT2D eigenvalue weighted by Gasteiger charge is 2.31. The number of nitrogens with two attached hydrogens (primary N) is 1. The second-order valence-corrected chi connectivity index (χ2v) is 5.82. The topological polar surface area (TPSA) is 114 Å². The van der Waals surface area contributed by atoms with E-state index in [9.17, 15) is 10.2 Å². The van der Waals surface area contributed by atoms with Crippen LogP contribution in [0.15, 0.2) is 0 Å². The number of hydrogen-bond acceptors (Lipinski definition) is 7. The van der Waals surface area contributed by atoms with Crippen LogP contribution in [0.4, 0.5) is 0 Å². The second-order valence-electron chi connectivity index (χ2n) is 5.82. The Bertz CT molecular complexity index is 259. The average Bonchev–Trinajstić information content (AvgIpc) is 2.33. The molecule has 0 rings (SSSR count). The first-order chi connectivity index (χ1) is 9.12. The lowest BCUT2D eigenvalue weighted by Gasteiger charge is -2.35. The minimum atomic E-state index is -0.984. The van der Waals surface area contributed by atoms with Crippen LogP contribution >= 0.6 is 0 Å². The van der Waals surface area contributed by atoms with Crippen molar-refractivity contribution in [2.75, 3.05) is 33.5 Å². The zero-order valence-corrected chi connectivity index (χ0v) is 12.8. The number of aliphatic hydroxyl groups excluding tert-OH is 3. The minimum Gasteiger partial charge on any atom is -0.394 e. The Morgan fingerprint density at radius 3 is 2.05 bits per heavy atom. The molecule has 0 aliphatic rings. The predicted molar refractivity (Wildman–Crippen MR) is 74.2 cm³/mol. The van der Waals surface area contributed by atoms with Crippen LogP contribution in [0.3, 0.4) is 0 Å². The van der Waals surface area contributed by atoms with Crippen LogP contribution < -0.4 is 5.73 Å². The zero-order chi connectivity index (χ0) is 15.8. The van der Waals surface area contributed by atoms with Crippen LogP contribution in [0, 0.1) is 0 Å². The van der Waals surface area contributed by atoms with E-state index in [0.29, 0.717) is 6.42 Å². The highest BCUT2D eigenvalue weighted by atomic mass is 16.5. The molecular weight excluding hydrogens is 266 g/mol. The van der Waals surface area contributed by atoms with Gasteiger partial charge in [-0.15, -0.1) is 0 Å². The normalized spacial score (nSPS) is 18.6. The molecule has 0 fully saturated rings. The van der Waals surface area contributed by atoms with Crippen molar-refractivity contribution >= 4 is 0 Å². The Morgan fingerprint density at radius 2 is 1.55 bits per heavy atom. The molecular formula is C13H29NO6. The number of ether oxygens (including phenoxy) is 3. The third-order valence-electron chi connectivity index (χ3n) is 2.62. The smallest absolute Gasteiger partial charge is 0.116 e. The largest absolute Gasteiger partial charge is 0.394 e. The molecule has 0 radical (unpaired) electrons. The number of aliphatic hydroxyl groups is 3. The summed E-state index contributed by atoms with van der Waals surface area (Å²) in [5.74, 6) is 0. The van der Waals surface area contributed by atoms with Crippen molar-refractivity contribution < 1.29 is 29.5 Å². The molecule has 3 unspecified atom stereocenters. The molecule has 0 heterocycles. The molecule has 122 valence electrons. The molecule has 0 spiro atoms. The molecule has 0 aliphatic heterocycles. The molecule has 3 atom stereocenters. The van der Waals surface area contributed by atoms with Crippen LogP contribution in [0.5, 0.6) is 0 Å². The van der Waals surface area contributed by atoms with Crippen molar-refractivity contribution in [2.24, 2.45) is 5.73 Å². The molecule has 0 aromatic heterocycles. The lowest BCUT2D eigenvalue weighted by Crippen LogP contribution is -2.48. The second kappa shape index (κ2) is 8.89. The van der Waals surface area contributed by atoms with Gasteiger partial charge in [0.1, 0.15) is 17.9 Å². The van der Waals surface area contributed by atoms with E-state index >= 15 is 0 Å². The summed E-state index contributed by atoms with van der Waals surface area (Å²) in [5, 5.41) is 27.5. The fourth-order valence-corrected chi connectivity index (χ4v) is 1.85. The van der Waals surface area contributed by atoms with Gasteiger partial charge >= 0.3 is 0 Å². The number of methoxy groups -OCH3 is 1. The van der Waals surface area contributed by atoms with Gasteiger partial charge < -0.3 is 35.3 Å². The molecule has 0 aliphatic carbocycles. The molecule has 0 amide bonds. The van der Waals surface area contributed by atoms with Gasteiger partial charge in [0.25, 0.3) is 0 Å². The average molecular weight is 295 g/mol. The first kappa shape index (κ1) is 19.7. The van der Waals surface area contributed by atoms with Crippen LogP contribution in [0.2, 0.25) is 0 Å². The summed E-state index contributed by atoms with van der Waals surface area (Å²) in [6.45, 7) is 5.24. The summed E-state index contributed by atoms with van der Waals surface area (Å²) in [6, 6.07) is 0. The Morgan fingerprint density at radius 1 is 1.00 bits per heavy atom. The van der Waals surface area contributed by atoms with Crippen molar-refractivity contribution in [2.45, 2.75) is 50.7 Å². The van der Waals surface area contributed by atoms with E-state index < -0.39 is 23.5 Å². The van der Waals surface area contributed by atoms with Crippen molar-refractivity contribution in [3.8, 4) is 0 Å². The molecule has 7 nitrogen and oxygen atoms in total. The fourth-order valence-electron chi connectivity index (χ4n) is 1.85. The van der Waals surface area contributed by atoms with Crippen LogP contribution in [0.25, 0.3) is 0 Å². The first-order valence-electron chi connectivity index (χ1n) is 6.64. The lowest BCUT2D eigenvalue weighted by molar-refractivity contribution is -0.137. The quantitative estimate of drug-likeness (QED) is 0.370. The standard InChI is InChI=1S/C13H29NO6/c1-12(2,19-7-10(16)5-15)9-13(3,14)20-8-11(17)6-18-4/h10-11,15-17H,5-9,14H2,1-4H3. The summed E-state index contributed by atoms with van der Waals surface area (Å²) in [5.41, 5.74) is 4.40. The van der Waals surface area contributed by atoms with Crippen LogP contribution in [-0.2, 0) is 14.2 Å². The Kier molecular flexibility index (Phi) is 8.76. The van der Waals surface area contributed by atoms with Gasteiger partial charge in [-0.2, -0.15) is 0 Å². The highest BCUT2D eigenvalue weighted by molar-refractivity contribution is 4.81. The van der Waals surface area contributed by atoms with Gasteiger partial charge in [0.2, 0.25) is 0 Å². The SMILES string of the molecule is COCC(O)COC(C)(N)CC(C)(C)OCC(O)CO. The summed E-state index contributed by atoms with van der Waals surface area (Å²) in [6.07, 6.45) is -1.29. The minimum absolute atomic E-state index is 0.0197. The van der Waals surface area contributed by atoms with Gasteiger partial charge in [0.15, 0.2) is 0 Å². The maximum absolute atomic E-state index is 9.52. The van der Waals surface area contributed by atoms with Gasteiger partial charge in [0, 0.05) is 13.5 Å². The van der Waals surface area contributed by atoms with E-state index in [-0.39, 0.29) is 26.4 Å². The third kappa shape index (κ3) is 9.60. The molecule has 7 heteroatoms. The van der Waals surface area contributed by atoms with Crippen molar-refractivity contribution in [1.29, 1.82) is 0 Å². The summed E-state index contributed by atoms with van der Waals surface area (Å²) < 4.78 is 15.8. The summed E-state index contributed by atoms with van der Waals surface area (Å²) in [7, 11) is 1.49. The number of rotatable bonds is 11. The van der Waals surface area contributed by atoms with Crippen molar-refractivity contribution in [3.05, 3.63) is 0 Å². The molecule has 0 aromatic rings. The fraction of sp³-hybridized carbons (Fsp3) is 1.00. The van der Waals surface area contributed by atoms with Gasteiger partial charge in [-0.1, -0.05) is 0 Å². The van der Waals surface area contributed by atoms with Gasteiger partial charge in [-0.25, -0.2) is 0 Å². The van der Waals surface area contributed by atoms with Crippen molar-refractivity contribution in [1.82, 2.24) is 0 Å². The van der Waals surface area contributed by atoms with E-state index in [2.05, 4.69) is 0 Å². The van der Waals surface area contributed by atoms with E-state index in [1.807, 2.05) is 13.8 Å². The van der Waals surface area contributed by atoms with E-state index in [1.54, 1.807) is 6.92 Å². The molecule has 0 saturated heterocycles. The third-order valence-corrected chi connectivity index (χ3v) is 2.62. The van der Waals surface area contributed by atoms with E-state index in [1.165, 1.54) is 7.11 Å². The zero-order valence-electron chi connectivity index (χ0n) is 12.8. The Labute approximate surface area is 120 Å². The highest BCUT2D eigenvalue weighted by Crippen LogP contribution is 2.23. The molecule has 20 heavy (non-hydrogen) atoms. The van der Waals surface area contributed by atoms with Crippen LogP contribution in [0.1, 0.15) is 27.2 Å². The molecule has 0 aromatic carbocycles. The maximum Gasteiger partial charge on any atom is 0.116 e. The van der Waals surface area contributed by atoms with Crippen LogP contribution in [-0.4, -0.2) is 72.4 Å². The first-order valence-corrected chi connectivity index (χ1v) is 6.64. The number of hydrogen-bond donors (Lipinski definition) is 4. The van der Waals surface area contributed by atoms with E-state index in [4.69, 9.17) is 25.1 Å². The molecule has 5 N–H and O–H groups in total. The Balaban J connectivity index is 4.20. The van der Waals surface area contributed by atoms with E-state index in [0.717, 1.165) is 0 Å². The monoisotopic (exact) mass is 295 g/mol. The van der Waals surface area contributed by atoms with Crippen molar-refractivity contribution in [3.63, 3.8) is 0 Å². The summed E-state index contributed by atoms with van der Waals surface area (Å²) in [4.78, 5) is 0. The molecule has 0 saturated carbocycles. The van der Waals surface area contributed by atoms with Gasteiger partial charge in [-0.05, 0) is 20.8 Å².